The van der Waals surface area contributed by atoms with Crippen molar-refractivity contribution < 1.29 is 4.79 Å². The van der Waals surface area contributed by atoms with Gasteiger partial charge in [0.15, 0.2) is 5.13 Å². The lowest BCUT2D eigenvalue weighted by Crippen LogP contribution is -2.07. The highest BCUT2D eigenvalue weighted by Gasteiger charge is 2.13. The molecule has 8 heteroatoms. The number of carbonyl (C=O) groups is 1. The fraction of sp³-hybridized carbons (Fsp3) is 0.167. The molecule has 7 nitrogen and oxygen atoms in total. The molecule has 0 aliphatic carbocycles. The zero-order valence-electron chi connectivity index (χ0n) is 18.0. The van der Waals surface area contributed by atoms with Gasteiger partial charge in [0, 0.05) is 35.0 Å². The summed E-state index contributed by atoms with van der Waals surface area (Å²) in [6.07, 6.45) is 6.76. The van der Waals surface area contributed by atoms with Crippen LogP contribution in [0.3, 0.4) is 0 Å². The average molecular weight is 445 g/mol. The van der Waals surface area contributed by atoms with Gasteiger partial charge in [-0.3, -0.25) is 10.1 Å². The number of thiazole rings is 1. The van der Waals surface area contributed by atoms with Crippen molar-refractivity contribution >= 4 is 28.5 Å². The summed E-state index contributed by atoms with van der Waals surface area (Å²) in [4.78, 5) is 16.9. The topological polar surface area (TPSA) is 77.6 Å². The summed E-state index contributed by atoms with van der Waals surface area (Å²) in [6, 6.07) is 12.1. The minimum absolute atomic E-state index is 0.263. The smallest absolute Gasteiger partial charge is 0.250 e. The van der Waals surface area contributed by atoms with Gasteiger partial charge in [0.25, 0.3) is 0 Å². The summed E-state index contributed by atoms with van der Waals surface area (Å²) >= 11 is 1.40. The predicted molar refractivity (Wildman–Crippen MR) is 128 cm³/mol. The van der Waals surface area contributed by atoms with E-state index in [0.717, 1.165) is 34.8 Å². The van der Waals surface area contributed by atoms with Gasteiger partial charge in [-0.15, -0.1) is 23.0 Å². The molecule has 0 spiro atoms. The van der Waals surface area contributed by atoms with E-state index in [-0.39, 0.29) is 5.91 Å². The summed E-state index contributed by atoms with van der Waals surface area (Å²) in [6.45, 7) is 9.33. The molecular weight excluding hydrogens is 420 g/mol. The van der Waals surface area contributed by atoms with Crippen LogP contribution in [0.2, 0.25) is 0 Å². The van der Waals surface area contributed by atoms with Crippen molar-refractivity contribution in [3.05, 3.63) is 89.4 Å². The minimum Gasteiger partial charge on any atom is -0.345 e. The van der Waals surface area contributed by atoms with Crippen LogP contribution in [0, 0.1) is 13.8 Å². The Bertz CT molecular complexity index is 1260. The third kappa shape index (κ3) is 4.92. The van der Waals surface area contributed by atoms with Crippen LogP contribution in [0.5, 0.6) is 0 Å². The van der Waals surface area contributed by atoms with Gasteiger partial charge in [-0.1, -0.05) is 41.6 Å². The second-order valence-electron chi connectivity index (χ2n) is 7.37. The molecule has 32 heavy (non-hydrogen) atoms. The first-order valence-corrected chi connectivity index (χ1v) is 11.1. The van der Waals surface area contributed by atoms with Crippen LogP contribution < -0.4 is 5.32 Å². The number of aryl methyl sites for hydroxylation is 1. The molecule has 0 unspecified atom stereocenters. The zero-order chi connectivity index (χ0) is 22.5. The van der Waals surface area contributed by atoms with Crippen LogP contribution in [0.15, 0.2) is 66.7 Å². The Morgan fingerprint density at radius 1 is 1.25 bits per heavy atom. The van der Waals surface area contributed by atoms with Crippen LogP contribution in [-0.2, 0) is 17.9 Å². The van der Waals surface area contributed by atoms with E-state index in [1.165, 1.54) is 17.4 Å². The number of allylic oxidation sites excluding steroid dienone is 1. The Morgan fingerprint density at radius 3 is 2.84 bits per heavy atom. The highest BCUT2D eigenvalue weighted by molar-refractivity contribution is 7.14. The number of anilines is 1. The van der Waals surface area contributed by atoms with E-state index in [2.05, 4.69) is 51.7 Å². The Kier molecular flexibility index (Phi) is 6.42. The molecule has 4 aromatic rings. The van der Waals surface area contributed by atoms with E-state index in [1.54, 1.807) is 17.0 Å². The molecule has 162 valence electrons. The summed E-state index contributed by atoms with van der Waals surface area (Å²) in [7, 11) is 0. The first kappa shape index (κ1) is 21.5. The SMILES string of the molecule is C=CCn1c(C)cc(-c2csc(NC(=O)/C=C/c3cn(Cc4ccccc4)nn3)n2)c1C. The normalized spacial score (nSPS) is 11.2. The molecule has 3 heterocycles. The van der Waals surface area contributed by atoms with Gasteiger partial charge in [0.1, 0.15) is 5.69 Å². The van der Waals surface area contributed by atoms with Gasteiger partial charge >= 0.3 is 0 Å². The number of hydrogen-bond acceptors (Lipinski definition) is 5. The first-order chi connectivity index (χ1) is 15.5. The van der Waals surface area contributed by atoms with E-state index in [4.69, 9.17) is 0 Å². The fourth-order valence-electron chi connectivity index (χ4n) is 3.47. The second kappa shape index (κ2) is 9.57. The molecule has 0 saturated heterocycles. The Labute approximate surface area is 190 Å². The molecule has 0 aliphatic heterocycles. The van der Waals surface area contributed by atoms with E-state index >= 15 is 0 Å². The maximum Gasteiger partial charge on any atom is 0.250 e. The lowest BCUT2D eigenvalue weighted by molar-refractivity contribution is -0.111. The number of rotatable bonds is 8. The standard InChI is InChI=1S/C24H24N6OS/c1-4-12-30-17(2)13-21(18(30)3)22-16-32-24(25-22)26-23(31)11-10-20-15-29(28-27-20)14-19-8-6-5-7-9-19/h4-11,13,15-16H,1,12,14H2,2-3H3,(H,25,26,31)/b11-10+. The van der Waals surface area contributed by atoms with Gasteiger partial charge in [0.2, 0.25) is 5.91 Å². The summed E-state index contributed by atoms with van der Waals surface area (Å²) in [5, 5.41) is 13.5. The van der Waals surface area contributed by atoms with Gasteiger partial charge in [-0.25, -0.2) is 9.67 Å². The molecule has 1 aromatic carbocycles. The number of nitrogens with zero attached hydrogens (tertiary/aromatic N) is 5. The lowest BCUT2D eigenvalue weighted by Gasteiger charge is -2.05. The van der Waals surface area contributed by atoms with Crippen LogP contribution in [0.25, 0.3) is 17.3 Å². The fourth-order valence-corrected chi connectivity index (χ4v) is 4.18. The number of hydrogen-bond donors (Lipinski definition) is 1. The van der Waals surface area contributed by atoms with Gasteiger partial charge in [-0.2, -0.15) is 0 Å². The van der Waals surface area contributed by atoms with Crippen molar-refractivity contribution in [2.75, 3.05) is 5.32 Å². The summed E-state index contributed by atoms with van der Waals surface area (Å²) in [5.41, 5.74) is 5.94. The molecule has 0 saturated carbocycles. The molecule has 1 N–H and O–H groups in total. The molecule has 4 rings (SSSR count). The van der Waals surface area contributed by atoms with Crippen molar-refractivity contribution in [1.29, 1.82) is 0 Å². The van der Waals surface area contributed by atoms with Gasteiger partial charge in [0.05, 0.1) is 18.4 Å². The quantitative estimate of drug-likeness (QED) is 0.315. The molecular formula is C24H24N6OS. The third-order valence-corrected chi connectivity index (χ3v) is 5.80. The molecule has 0 aliphatic rings. The minimum atomic E-state index is -0.263. The van der Waals surface area contributed by atoms with Crippen molar-refractivity contribution in [2.24, 2.45) is 0 Å². The van der Waals surface area contributed by atoms with Crippen LogP contribution in [-0.4, -0.2) is 30.5 Å². The summed E-state index contributed by atoms with van der Waals surface area (Å²) < 4.78 is 3.93. The Hall–Kier alpha value is -3.78. The number of benzene rings is 1. The highest BCUT2D eigenvalue weighted by atomic mass is 32.1. The number of aromatic nitrogens is 5. The van der Waals surface area contributed by atoms with Crippen molar-refractivity contribution in [1.82, 2.24) is 24.5 Å². The van der Waals surface area contributed by atoms with Gasteiger partial charge in [-0.05, 0) is 31.6 Å². The van der Waals surface area contributed by atoms with E-state index in [0.29, 0.717) is 17.4 Å². The lowest BCUT2D eigenvalue weighted by atomic mass is 10.2. The van der Waals surface area contributed by atoms with Crippen LogP contribution in [0.4, 0.5) is 5.13 Å². The van der Waals surface area contributed by atoms with E-state index in [1.807, 2.05) is 41.8 Å². The predicted octanol–water partition coefficient (Wildman–Crippen LogP) is 4.71. The van der Waals surface area contributed by atoms with Crippen molar-refractivity contribution in [3.63, 3.8) is 0 Å². The Morgan fingerprint density at radius 2 is 2.06 bits per heavy atom. The summed E-state index contributed by atoms with van der Waals surface area (Å²) in [5.74, 6) is -0.263. The number of amides is 1. The highest BCUT2D eigenvalue weighted by Crippen LogP contribution is 2.30. The van der Waals surface area contributed by atoms with Crippen LogP contribution in [0.1, 0.15) is 22.6 Å². The maximum absolute atomic E-state index is 12.3. The molecule has 0 fully saturated rings. The number of nitrogens with one attached hydrogen (secondary N) is 1. The number of carbonyl (C=O) groups excluding carboxylic acids is 1. The van der Waals surface area contributed by atoms with Gasteiger partial charge < -0.3 is 4.57 Å². The second-order valence-corrected chi connectivity index (χ2v) is 8.23. The zero-order valence-corrected chi connectivity index (χ0v) is 18.8. The van der Waals surface area contributed by atoms with Crippen molar-refractivity contribution in [2.45, 2.75) is 26.9 Å². The average Bonchev–Trinajstić information content (AvgIpc) is 3.49. The molecule has 0 bridgehead atoms. The molecule has 1 amide bonds. The van der Waals surface area contributed by atoms with Crippen molar-refractivity contribution in [3.8, 4) is 11.3 Å². The molecule has 3 aromatic heterocycles. The molecule has 0 atom stereocenters. The van der Waals surface area contributed by atoms with E-state index < -0.39 is 0 Å². The maximum atomic E-state index is 12.3. The first-order valence-electron chi connectivity index (χ1n) is 10.2. The molecule has 0 radical (unpaired) electrons. The van der Waals surface area contributed by atoms with E-state index in [9.17, 15) is 4.79 Å². The Balaban J connectivity index is 1.38. The third-order valence-electron chi connectivity index (χ3n) is 5.04. The van der Waals surface area contributed by atoms with Crippen LogP contribution >= 0.6 is 11.3 Å². The largest absolute Gasteiger partial charge is 0.345 e. The monoisotopic (exact) mass is 444 g/mol.